The molecule has 0 amide bonds. The van der Waals surface area contributed by atoms with Gasteiger partial charge in [-0.25, -0.2) is 13.2 Å². The Bertz CT molecular complexity index is 384. The van der Waals surface area contributed by atoms with Gasteiger partial charge in [0.2, 0.25) is 0 Å². The van der Waals surface area contributed by atoms with Crippen molar-refractivity contribution in [2.45, 2.75) is 45.1 Å². The first kappa shape index (κ1) is 15.2. The summed E-state index contributed by atoms with van der Waals surface area (Å²) in [7, 11) is 0.676. The predicted octanol–water partition coefficient (Wildman–Crippen LogP) is 2.89. The van der Waals surface area contributed by atoms with E-state index in [9.17, 15) is 13.2 Å². The van der Waals surface area contributed by atoms with E-state index in [-0.39, 0.29) is 17.6 Å². The summed E-state index contributed by atoms with van der Waals surface area (Å²) in [5.74, 6) is -2.48. The van der Waals surface area contributed by atoms with Gasteiger partial charge >= 0.3 is 0 Å². The summed E-state index contributed by atoms with van der Waals surface area (Å²) in [5, 5.41) is 0. The first-order chi connectivity index (χ1) is 8.35. The summed E-state index contributed by atoms with van der Waals surface area (Å²) in [6.07, 6.45) is 2.62. The lowest BCUT2D eigenvalue weighted by Gasteiger charge is -2.23. The van der Waals surface area contributed by atoms with Gasteiger partial charge in [0.05, 0.1) is 0 Å². The second-order valence-corrected chi connectivity index (χ2v) is 5.43. The highest BCUT2D eigenvalue weighted by Gasteiger charge is 2.15. The summed E-state index contributed by atoms with van der Waals surface area (Å²) in [6, 6.07) is 1.45. The van der Waals surface area contributed by atoms with E-state index in [4.69, 9.17) is 4.43 Å². The molecule has 0 spiro atoms. The Kier molecular flexibility index (Phi) is 5.41. The van der Waals surface area contributed by atoms with Crippen molar-refractivity contribution >= 4 is 10.5 Å². The maximum atomic E-state index is 13.3. The van der Waals surface area contributed by atoms with Crippen LogP contribution in [0.3, 0.4) is 0 Å². The fourth-order valence-electron chi connectivity index (χ4n) is 1.77. The average Bonchev–Trinajstić information content (AvgIpc) is 2.26. The van der Waals surface area contributed by atoms with E-state index in [0.29, 0.717) is 16.9 Å². The predicted molar refractivity (Wildman–Crippen MR) is 69.0 cm³/mol. The van der Waals surface area contributed by atoms with Crippen LogP contribution in [0.1, 0.15) is 38.7 Å². The Morgan fingerprint density at radius 2 is 1.67 bits per heavy atom. The van der Waals surface area contributed by atoms with Gasteiger partial charge in [-0.05, 0) is 33.1 Å². The van der Waals surface area contributed by atoms with Crippen LogP contribution in [0, 0.1) is 17.5 Å². The molecular formula is C13H19F3OSi. The minimum atomic E-state index is -0.876. The van der Waals surface area contributed by atoms with E-state index in [0.717, 1.165) is 25.0 Å². The SMILES string of the molecule is CC(C)(CCCCc1c(F)cc(F)cc1F)O[SiH3]. The number of hydrogen-bond acceptors (Lipinski definition) is 1. The van der Waals surface area contributed by atoms with E-state index in [1.54, 1.807) is 0 Å². The highest BCUT2D eigenvalue weighted by atomic mass is 28.2. The lowest BCUT2D eigenvalue weighted by Crippen LogP contribution is -2.22. The molecule has 0 heterocycles. The van der Waals surface area contributed by atoms with Crippen molar-refractivity contribution in [3.8, 4) is 0 Å². The zero-order valence-corrected chi connectivity index (χ0v) is 13.0. The summed E-state index contributed by atoms with van der Waals surface area (Å²) in [4.78, 5) is 0. The number of halogens is 3. The molecule has 0 N–H and O–H groups in total. The van der Waals surface area contributed by atoms with E-state index in [1.807, 2.05) is 13.8 Å². The van der Waals surface area contributed by atoms with Crippen LogP contribution < -0.4 is 0 Å². The van der Waals surface area contributed by atoms with Crippen LogP contribution in [-0.2, 0) is 10.8 Å². The largest absolute Gasteiger partial charge is 0.423 e. The number of unbranched alkanes of at least 4 members (excludes halogenated alkanes) is 1. The van der Waals surface area contributed by atoms with Gasteiger partial charge in [-0.3, -0.25) is 0 Å². The zero-order valence-electron chi connectivity index (χ0n) is 11.0. The maximum Gasteiger partial charge on any atom is 0.146 e. The molecule has 0 atom stereocenters. The Balaban J connectivity index is 2.50. The third-order valence-electron chi connectivity index (χ3n) is 3.11. The normalized spacial score (nSPS) is 12.1. The van der Waals surface area contributed by atoms with Crippen molar-refractivity contribution < 1.29 is 17.6 Å². The van der Waals surface area contributed by atoms with Gasteiger partial charge in [0.15, 0.2) is 0 Å². The molecule has 0 aliphatic rings. The molecule has 0 fully saturated rings. The third-order valence-corrected chi connectivity index (χ3v) is 4.22. The van der Waals surface area contributed by atoms with Crippen LogP contribution in [0.2, 0.25) is 0 Å². The molecule has 1 rings (SSSR count). The van der Waals surface area contributed by atoms with E-state index in [2.05, 4.69) is 0 Å². The Morgan fingerprint density at radius 1 is 1.11 bits per heavy atom. The van der Waals surface area contributed by atoms with Crippen molar-refractivity contribution in [2.24, 2.45) is 0 Å². The van der Waals surface area contributed by atoms with Crippen molar-refractivity contribution in [1.29, 1.82) is 0 Å². The van der Waals surface area contributed by atoms with Crippen LogP contribution in [0.5, 0.6) is 0 Å². The van der Waals surface area contributed by atoms with Gasteiger partial charge in [0.1, 0.15) is 27.9 Å². The third kappa shape index (κ3) is 4.46. The van der Waals surface area contributed by atoms with E-state index >= 15 is 0 Å². The molecule has 0 saturated carbocycles. The average molecular weight is 276 g/mol. The van der Waals surface area contributed by atoms with Gasteiger partial charge in [-0.2, -0.15) is 0 Å². The van der Waals surface area contributed by atoms with E-state index < -0.39 is 17.5 Å². The topological polar surface area (TPSA) is 9.23 Å². The van der Waals surface area contributed by atoms with Crippen molar-refractivity contribution in [1.82, 2.24) is 0 Å². The highest BCUT2D eigenvalue weighted by Crippen LogP contribution is 2.20. The molecule has 18 heavy (non-hydrogen) atoms. The molecule has 0 bridgehead atoms. The summed E-state index contributed by atoms with van der Waals surface area (Å²) in [6.45, 7) is 4.00. The minimum absolute atomic E-state index is 0.0269. The van der Waals surface area contributed by atoms with Crippen LogP contribution in [-0.4, -0.2) is 16.1 Å². The molecule has 0 unspecified atom stereocenters. The van der Waals surface area contributed by atoms with Gasteiger partial charge < -0.3 is 4.43 Å². The Hall–Kier alpha value is -0.813. The van der Waals surface area contributed by atoms with Gasteiger partial charge in [0.25, 0.3) is 0 Å². The van der Waals surface area contributed by atoms with Crippen LogP contribution in [0.4, 0.5) is 13.2 Å². The molecule has 1 aromatic carbocycles. The maximum absolute atomic E-state index is 13.3. The minimum Gasteiger partial charge on any atom is -0.423 e. The summed E-state index contributed by atoms with van der Waals surface area (Å²) >= 11 is 0. The fourth-order valence-corrected chi connectivity index (χ4v) is 1.97. The molecule has 0 radical (unpaired) electrons. The van der Waals surface area contributed by atoms with Gasteiger partial charge in [-0.15, -0.1) is 0 Å². The molecule has 1 aromatic rings. The number of rotatable bonds is 6. The quantitative estimate of drug-likeness (QED) is 0.573. The van der Waals surface area contributed by atoms with Crippen LogP contribution in [0.15, 0.2) is 12.1 Å². The summed E-state index contributed by atoms with van der Waals surface area (Å²) in [5.41, 5.74) is -0.187. The zero-order chi connectivity index (χ0) is 13.8. The first-order valence-electron chi connectivity index (χ1n) is 6.04. The molecule has 0 aromatic heterocycles. The summed E-state index contributed by atoms with van der Waals surface area (Å²) < 4.78 is 44.8. The van der Waals surface area contributed by atoms with Gasteiger partial charge in [0, 0.05) is 23.3 Å². The Morgan fingerprint density at radius 3 is 2.17 bits per heavy atom. The fraction of sp³-hybridized carbons (Fsp3) is 0.538. The molecule has 0 aliphatic carbocycles. The lowest BCUT2D eigenvalue weighted by atomic mass is 9.99. The Labute approximate surface area is 109 Å². The monoisotopic (exact) mass is 276 g/mol. The first-order valence-corrected chi connectivity index (χ1v) is 6.86. The standard InChI is InChI=1S/C13H19F3OSi/c1-13(2,17-18)6-4-3-5-10-11(15)7-9(14)8-12(10)16/h7-8H,3-6H2,1-2,18H3. The molecule has 0 aliphatic heterocycles. The molecule has 5 heteroatoms. The second-order valence-electron chi connectivity index (χ2n) is 5.02. The van der Waals surface area contributed by atoms with Crippen molar-refractivity contribution in [2.75, 3.05) is 0 Å². The smallest absolute Gasteiger partial charge is 0.146 e. The van der Waals surface area contributed by atoms with Crippen LogP contribution >= 0.6 is 0 Å². The van der Waals surface area contributed by atoms with Crippen molar-refractivity contribution in [3.63, 3.8) is 0 Å². The van der Waals surface area contributed by atoms with Crippen LogP contribution in [0.25, 0.3) is 0 Å². The molecule has 0 saturated heterocycles. The molecule has 102 valence electrons. The second kappa shape index (κ2) is 6.38. The number of hydrogen-bond donors (Lipinski definition) is 0. The molecule has 1 nitrogen and oxygen atoms in total. The van der Waals surface area contributed by atoms with Crippen molar-refractivity contribution in [3.05, 3.63) is 35.1 Å². The number of benzene rings is 1. The van der Waals surface area contributed by atoms with Gasteiger partial charge in [-0.1, -0.05) is 6.42 Å². The molecular weight excluding hydrogens is 257 g/mol. The van der Waals surface area contributed by atoms with E-state index in [1.165, 1.54) is 0 Å². The lowest BCUT2D eigenvalue weighted by molar-refractivity contribution is 0.109. The highest BCUT2D eigenvalue weighted by molar-refractivity contribution is 5.98.